The minimum absolute atomic E-state index is 0.000738. The van der Waals surface area contributed by atoms with Crippen molar-refractivity contribution in [3.8, 4) is 0 Å². The predicted molar refractivity (Wildman–Crippen MR) is 80.3 cm³/mol. The fraction of sp³-hybridized carbons (Fsp3) is 0.357. The number of carbonyl (C=O) groups is 1. The highest BCUT2D eigenvalue weighted by molar-refractivity contribution is 7.17. The van der Waals surface area contributed by atoms with Crippen molar-refractivity contribution in [2.75, 3.05) is 27.3 Å². The summed E-state index contributed by atoms with van der Waals surface area (Å²) in [5.74, 6) is -0.000738. The fourth-order valence-electron chi connectivity index (χ4n) is 1.96. The zero-order chi connectivity index (χ0) is 13.8. The van der Waals surface area contributed by atoms with Crippen molar-refractivity contribution in [1.82, 2.24) is 4.90 Å². The molecule has 3 nitrogen and oxygen atoms in total. The summed E-state index contributed by atoms with van der Waals surface area (Å²) in [5, 5.41) is 2.72. The maximum atomic E-state index is 12.4. The summed E-state index contributed by atoms with van der Waals surface area (Å²) in [6, 6.07) is 7.91. The smallest absolute Gasteiger partial charge is 0.255 e. The van der Waals surface area contributed by atoms with Gasteiger partial charge in [-0.2, -0.15) is 0 Å². The molecule has 0 aliphatic carbocycles. The number of rotatable bonds is 5. The number of carbonyl (C=O) groups excluding carboxylic acids is 1. The van der Waals surface area contributed by atoms with Crippen LogP contribution in [0.1, 0.15) is 10.4 Å². The van der Waals surface area contributed by atoms with Gasteiger partial charge < -0.3 is 9.64 Å². The van der Waals surface area contributed by atoms with Gasteiger partial charge in [-0.3, -0.25) is 4.79 Å². The van der Waals surface area contributed by atoms with Crippen LogP contribution >= 0.6 is 22.9 Å². The van der Waals surface area contributed by atoms with Crippen molar-refractivity contribution in [3.05, 3.63) is 35.2 Å². The van der Waals surface area contributed by atoms with Gasteiger partial charge in [-0.25, -0.2) is 0 Å². The first-order valence-corrected chi connectivity index (χ1v) is 7.29. The van der Waals surface area contributed by atoms with Gasteiger partial charge >= 0.3 is 0 Å². The average molecular weight is 298 g/mol. The molecule has 0 saturated carbocycles. The Kier molecular flexibility index (Phi) is 4.80. The molecule has 1 heterocycles. The second-order valence-electron chi connectivity index (χ2n) is 4.38. The number of hydrogen-bond donors (Lipinski definition) is 0. The Morgan fingerprint density at radius 3 is 2.95 bits per heavy atom. The molecule has 2 rings (SSSR count). The summed E-state index contributed by atoms with van der Waals surface area (Å²) in [4.78, 5) is 14.0. The fourth-order valence-corrected chi connectivity index (χ4v) is 3.23. The Morgan fingerprint density at radius 1 is 1.47 bits per heavy atom. The van der Waals surface area contributed by atoms with Gasteiger partial charge in [0.2, 0.25) is 0 Å². The molecule has 1 aromatic carbocycles. The molecule has 0 aliphatic heterocycles. The van der Waals surface area contributed by atoms with E-state index in [2.05, 4.69) is 0 Å². The van der Waals surface area contributed by atoms with E-state index in [-0.39, 0.29) is 11.3 Å². The average Bonchev–Trinajstić information content (AvgIpc) is 2.81. The van der Waals surface area contributed by atoms with Gasteiger partial charge in [-0.1, -0.05) is 18.2 Å². The van der Waals surface area contributed by atoms with Crippen molar-refractivity contribution in [3.63, 3.8) is 0 Å². The minimum Gasteiger partial charge on any atom is -0.383 e. The van der Waals surface area contributed by atoms with E-state index >= 15 is 0 Å². The Morgan fingerprint density at radius 2 is 2.21 bits per heavy atom. The van der Waals surface area contributed by atoms with Gasteiger partial charge in [0, 0.05) is 36.2 Å². The van der Waals surface area contributed by atoms with Crippen LogP contribution in [0.2, 0.25) is 0 Å². The van der Waals surface area contributed by atoms with Crippen LogP contribution in [0.4, 0.5) is 0 Å². The molecule has 0 aliphatic rings. The van der Waals surface area contributed by atoms with E-state index in [0.29, 0.717) is 13.2 Å². The SMILES string of the molecule is COCC(Cl)CN(C)C(=O)c1csc2ccccc12. The molecule has 1 unspecified atom stereocenters. The van der Waals surface area contributed by atoms with Crippen LogP contribution in [0.15, 0.2) is 29.6 Å². The first kappa shape index (κ1) is 14.3. The van der Waals surface area contributed by atoms with Crippen LogP contribution in [0.3, 0.4) is 0 Å². The second kappa shape index (κ2) is 6.37. The third-order valence-electron chi connectivity index (χ3n) is 2.88. The van der Waals surface area contributed by atoms with E-state index < -0.39 is 0 Å². The predicted octanol–water partition coefficient (Wildman–Crippen LogP) is 3.23. The zero-order valence-electron chi connectivity index (χ0n) is 10.9. The number of amides is 1. The van der Waals surface area contributed by atoms with Gasteiger partial charge in [-0.15, -0.1) is 22.9 Å². The lowest BCUT2D eigenvalue weighted by atomic mass is 10.1. The van der Waals surface area contributed by atoms with Gasteiger partial charge in [0.15, 0.2) is 0 Å². The molecule has 1 atom stereocenters. The van der Waals surface area contributed by atoms with E-state index in [1.165, 1.54) is 0 Å². The van der Waals surface area contributed by atoms with E-state index in [1.54, 1.807) is 30.4 Å². The Labute approximate surface area is 121 Å². The van der Waals surface area contributed by atoms with Crippen molar-refractivity contribution in [1.29, 1.82) is 0 Å². The summed E-state index contributed by atoms with van der Waals surface area (Å²) in [6.07, 6.45) is 0. The van der Waals surface area contributed by atoms with Gasteiger partial charge in [0.25, 0.3) is 5.91 Å². The summed E-state index contributed by atoms with van der Waals surface area (Å²) in [5.41, 5.74) is 0.740. The molecular weight excluding hydrogens is 282 g/mol. The minimum atomic E-state index is -0.191. The van der Waals surface area contributed by atoms with Crippen LogP contribution in [0, 0.1) is 0 Å². The maximum Gasteiger partial charge on any atom is 0.255 e. The third-order valence-corrected chi connectivity index (χ3v) is 4.11. The largest absolute Gasteiger partial charge is 0.383 e. The highest BCUT2D eigenvalue weighted by atomic mass is 35.5. The van der Waals surface area contributed by atoms with Gasteiger partial charge in [0.05, 0.1) is 17.5 Å². The first-order chi connectivity index (χ1) is 9.13. The molecule has 0 radical (unpaired) electrons. The Hall–Kier alpha value is -1.10. The van der Waals surface area contributed by atoms with E-state index in [9.17, 15) is 4.79 Å². The monoisotopic (exact) mass is 297 g/mol. The standard InChI is InChI=1S/C14H16ClNO2S/c1-16(7-10(15)8-18-2)14(17)12-9-19-13-6-4-3-5-11(12)13/h3-6,9-10H,7-8H2,1-2H3. The summed E-state index contributed by atoms with van der Waals surface area (Å²) in [7, 11) is 3.36. The summed E-state index contributed by atoms with van der Waals surface area (Å²) >= 11 is 7.67. The molecule has 0 N–H and O–H groups in total. The number of ether oxygens (including phenoxy) is 1. The first-order valence-electron chi connectivity index (χ1n) is 5.98. The van der Waals surface area contributed by atoms with Gasteiger partial charge in [-0.05, 0) is 6.07 Å². The lowest BCUT2D eigenvalue weighted by Crippen LogP contribution is -2.33. The molecular formula is C14H16ClNO2S. The molecule has 0 spiro atoms. The number of alkyl halides is 1. The highest BCUT2D eigenvalue weighted by Gasteiger charge is 2.18. The number of hydrogen-bond acceptors (Lipinski definition) is 3. The number of thiophene rings is 1. The Bertz CT molecular complexity index is 569. The van der Waals surface area contributed by atoms with Gasteiger partial charge in [0.1, 0.15) is 0 Å². The molecule has 19 heavy (non-hydrogen) atoms. The van der Waals surface area contributed by atoms with Crippen LogP contribution in [0.5, 0.6) is 0 Å². The van der Waals surface area contributed by atoms with Crippen LogP contribution in [0.25, 0.3) is 10.1 Å². The second-order valence-corrected chi connectivity index (χ2v) is 5.91. The summed E-state index contributed by atoms with van der Waals surface area (Å²) < 4.78 is 6.10. The lowest BCUT2D eigenvalue weighted by molar-refractivity contribution is 0.0784. The van der Waals surface area contributed by atoms with E-state index in [4.69, 9.17) is 16.3 Å². The maximum absolute atomic E-state index is 12.4. The van der Waals surface area contributed by atoms with Crippen molar-refractivity contribution < 1.29 is 9.53 Å². The molecule has 1 aromatic heterocycles. The molecule has 102 valence electrons. The topological polar surface area (TPSA) is 29.5 Å². The quantitative estimate of drug-likeness (QED) is 0.793. The lowest BCUT2D eigenvalue weighted by Gasteiger charge is -2.19. The molecule has 2 aromatic rings. The molecule has 0 bridgehead atoms. The zero-order valence-corrected chi connectivity index (χ0v) is 12.5. The highest BCUT2D eigenvalue weighted by Crippen LogP contribution is 2.26. The van der Waals surface area contributed by atoms with Crippen LogP contribution in [-0.2, 0) is 4.74 Å². The number of fused-ring (bicyclic) bond motifs is 1. The Balaban J connectivity index is 2.15. The van der Waals surface area contributed by atoms with E-state index in [0.717, 1.165) is 15.6 Å². The summed E-state index contributed by atoms with van der Waals surface area (Å²) in [6.45, 7) is 0.905. The van der Waals surface area contributed by atoms with Crippen molar-refractivity contribution >= 4 is 38.9 Å². The van der Waals surface area contributed by atoms with Crippen LogP contribution < -0.4 is 0 Å². The number of benzene rings is 1. The van der Waals surface area contributed by atoms with Crippen molar-refractivity contribution in [2.24, 2.45) is 0 Å². The number of nitrogens with zero attached hydrogens (tertiary/aromatic N) is 1. The van der Waals surface area contributed by atoms with Crippen molar-refractivity contribution in [2.45, 2.75) is 5.38 Å². The van der Waals surface area contributed by atoms with Crippen LogP contribution in [-0.4, -0.2) is 43.5 Å². The molecule has 1 amide bonds. The van der Waals surface area contributed by atoms with E-state index in [1.807, 2.05) is 29.6 Å². The molecule has 0 saturated heterocycles. The number of halogens is 1. The molecule has 5 heteroatoms. The normalized spacial score (nSPS) is 12.6. The number of methoxy groups -OCH3 is 1. The third kappa shape index (κ3) is 3.26. The molecule has 0 fully saturated rings.